The van der Waals surface area contributed by atoms with E-state index in [9.17, 15) is 9.59 Å². The second kappa shape index (κ2) is 7.45. The number of anilines is 2. The largest absolute Gasteiger partial charge is 0.376 e. The van der Waals surface area contributed by atoms with Gasteiger partial charge >= 0.3 is 0 Å². The molecule has 0 saturated carbocycles. The van der Waals surface area contributed by atoms with Gasteiger partial charge in [-0.1, -0.05) is 38.1 Å². The average molecular weight is 311 g/mol. The molecule has 0 radical (unpaired) electrons. The van der Waals surface area contributed by atoms with Crippen LogP contribution in [0.3, 0.4) is 0 Å². The minimum absolute atomic E-state index is 0.105. The topological polar surface area (TPSA) is 84.2 Å². The van der Waals surface area contributed by atoms with Gasteiger partial charge in [0.1, 0.15) is 0 Å². The number of amides is 2. The molecule has 2 rings (SSSR count). The third kappa shape index (κ3) is 4.57. The van der Waals surface area contributed by atoms with Gasteiger partial charge in [-0.3, -0.25) is 9.59 Å². The molecule has 120 valence electrons. The van der Waals surface area contributed by atoms with Crippen molar-refractivity contribution in [1.82, 2.24) is 0 Å². The molecular weight excluding hydrogens is 290 g/mol. The first kappa shape index (κ1) is 16.5. The van der Waals surface area contributed by atoms with Gasteiger partial charge in [-0.25, -0.2) is 0 Å². The average Bonchev–Trinajstić information content (AvgIpc) is 2.53. The lowest BCUT2D eigenvalue weighted by atomic mass is 10.0. The zero-order chi connectivity index (χ0) is 16.8. The van der Waals surface area contributed by atoms with Crippen molar-refractivity contribution in [2.45, 2.75) is 19.8 Å². The van der Waals surface area contributed by atoms with Crippen LogP contribution in [-0.4, -0.2) is 18.4 Å². The molecule has 0 fully saturated rings. The number of carbonyl (C=O) groups is 2. The van der Waals surface area contributed by atoms with Crippen LogP contribution >= 0.6 is 0 Å². The quantitative estimate of drug-likeness (QED) is 0.767. The predicted molar refractivity (Wildman–Crippen MR) is 92.6 cm³/mol. The molecule has 2 aromatic carbocycles. The summed E-state index contributed by atoms with van der Waals surface area (Å²) >= 11 is 0. The second-order valence-electron chi connectivity index (χ2n) is 5.59. The van der Waals surface area contributed by atoms with E-state index in [1.54, 1.807) is 24.3 Å². The van der Waals surface area contributed by atoms with Gasteiger partial charge in [-0.15, -0.1) is 0 Å². The van der Waals surface area contributed by atoms with Crippen LogP contribution in [0, 0.1) is 0 Å². The highest BCUT2D eigenvalue weighted by Gasteiger charge is 2.10. The summed E-state index contributed by atoms with van der Waals surface area (Å²) in [5.41, 5.74) is 8.11. The van der Waals surface area contributed by atoms with E-state index in [-0.39, 0.29) is 12.5 Å². The van der Waals surface area contributed by atoms with Crippen LogP contribution in [0.4, 0.5) is 11.4 Å². The Labute approximate surface area is 135 Å². The summed E-state index contributed by atoms with van der Waals surface area (Å²) < 4.78 is 0. The summed E-state index contributed by atoms with van der Waals surface area (Å²) in [4.78, 5) is 23.3. The van der Waals surface area contributed by atoms with Crippen LogP contribution in [0.25, 0.3) is 0 Å². The Bertz CT molecular complexity index is 694. The number of benzene rings is 2. The standard InChI is InChI=1S/C18H21N3O2/c1-12(2)13-7-9-14(10-8-13)20-11-17(22)21-16-6-4-3-5-15(16)18(19)23/h3-10,12,20H,11H2,1-2H3,(H2,19,23)(H,21,22). The highest BCUT2D eigenvalue weighted by Crippen LogP contribution is 2.17. The van der Waals surface area contributed by atoms with Crippen molar-refractivity contribution >= 4 is 23.2 Å². The van der Waals surface area contributed by atoms with Crippen LogP contribution < -0.4 is 16.4 Å². The Morgan fingerprint density at radius 1 is 1.04 bits per heavy atom. The molecule has 0 aliphatic rings. The number of nitrogens with two attached hydrogens (primary N) is 1. The van der Waals surface area contributed by atoms with E-state index in [4.69, 9.17) is 5.73 Å². The summed E-state index contributed by atoms with van der Waals surface area (Å²) in [7, 11) is 0. The molecule has 23 heavy (non-hydrogen) atoms. The van der Waals surface area contributed by atoms with Gasteiger partial charge in [-0.2, -0.15) is 0 Å². The molecule has 0 heterocycles. The fraction of sp³-hybridized carbons (Fsp3) is 0.222. The fourth-order valence-corrected chi connectivity index (χ4v) is 2.17. The number of rotatable bonds is 6. The van der Waals surface area contributed by atoms with Crippen LogP contribution in [0.2, 0.25) is 0 Å². The first-order valence-electron chi connectivity index (χ1n) is 7.50. The molecule has 2 amide bonds. The summed E-state index contributed by atoms with van der Waals surface area (Å²) in [5, 5.41) is 5.74. The van der Waals surface area contributed by atoms with E-state index < -0.39 is 5.91 Å². The molecule has 0 saturated heterocycles. The van der Waals surface area contributed by atoms with Crippen LogP contribution in [0.5, 0.6) is 0 Å². The molecule has 0 aliphatic carbocycles. The SMILES string of the molecule is CC(C)c1ccc(NCC(=O)Nc2ccccc2C(N)=O)cc1. The van der Waals surface area contributed by atoms with Gasteiger partial charge < -0.3 is 16.4 Å². The van der Waals surface area contributed by atoms with E-state index in [0.717, 1.165) is 5.69 Å². The molecule has 5 nitrogen and oxygen atoms in total. The smallest absolute Gasteiger partial charge is 0.250 e. The maximum atomic E-state index is 12.0. The normalized spacial score (nSPS) is 10.4. The summed E-state index contributed by atoms with van der Waals surface area (Å²) in [6, 6.07) is 14.6. The van der Waals surface area contributed by atoms with E-state index in [1.165, 1.54) is 5.56 Å². The fourth-order valence-electron chi connectivity index (χ4n) is 2.17. The maximum Gasteiger partial charge on any atom is 0.250 e. The highest BCUT2D eigenvalue weighted by molar-refractivity contribution is 6.03. The number of hydrogen-bond acceptors (Lipinski definition) is 3. The number of hydrogen-bond donors (Lipinski definition) is 3. The molecular formula is C18H21N3O2. The molecule has 4 N–H and O–H groups in total. The Morgan fingerprint density at radius 3 is 2.30 bits per heavy atom. The minimum Gasteiger partial charge on any atom is -0.376 e. The Balaban J connectivity index is 1.94. The first-order chi connectivity index (χ1) is 11.0. The zero-order valence-electron chi connectivity index (χ0n) is 13.3. The second-order valence-corrected chi connectivity index (χ2v) is 5.59. The third-order valence-corrected chi connectivity index (χ3v) is 3.50. The predicted octanol–water partition coefficient (Wildman–Crippen LogP) is 2.96. The van der Waals surface area contributed by atoms with Crippen molar-refractivity contribution in [1.29, 1.82) is 0 Å². The monoisotopic (exact) mass is 311 g/mol. The summed E-state index contributed by atoms with van der Waals surface area (Å²) in [5.74, 6) is -0.345. The van der Waals surface area contributed by atoms with Gasteiger partial charge in [0.2, 0.25) is 5.91 Å². The van der Waals surface area contributed by atoms with E-state index in [0.29, 0.717) is 17.2 Å². The Kier molecular flexibility index (Phi) is 5.36. The number of para-hydroxylation sites is 1. The number of carbonyl (C=O) groups excluding carboxylic acids is 2. The Hall–Kier alpha value is -2.82. The summed E-state index contributed by atoms with van der Waals surface area (Å²) in [6.45, 7) is 4.37. The van der Waals surface area contributed by atoms with Gasteiger partial charge in [0.25, 0.3) is 5.91 Å². The van der Waals surface area contributed by atoms with Crippen molar-refractivity contribution in [3.05, 3.63) is 59.7 Å². The van der Waals surface area contributed by atoms with E-state index in [1.807, 2.05) is 24.3 Å². The van der Waals surface area contributed by atoms with Crippen molar-refractivity contribution < 1.29 is 9.59 Å². The molecule has 5 heteroatoms. The molecule has 0 aromatic heterocycles. The Morgan fingerprint density at radius 2 is 1.70 bits per heavy atom. The number of primary amides is 1. The molecule has 0 aliphatic heterocycles. The van der Waals surface area contributed by atoms with Crippen molar-refractivity contribution in [2.24, 2.45) is 5.73 Å². The molecule has 0 unspecified atom stereocenters. The van der Waals surface area contributed by atoms with Gasteiger partial charge in [0.15, 0.2) is 0 Å². The number of nitrogens with one attached hydrogen (secondary N) is 2. The lowest BCUT2D eigenvalue weighted by molar-refractivity contribution is -0.114. The van der Waals surface area contributed by atoms with Crippen molar-refractivity contribution in [2.75, 3.05) is 17.2 Å². The van der Waals surface area contributed by atoms with Crippen molar-refractivity contribution in [3.8, 4) is 0 Å². The maximum absolute atomic E-state index is 12.0. The van der Waals surface area contributed by atoms with E-state index in [2.05, 4.69) is 24.5 Å². The first-order valence-corrected chi connectivity index (χ1v) is 7.50. The van der Waals surface area contributed by atoms with Gasteiger partial charge in [-0.05, 0) is 35.7 Å². The molecule has 0 atom stereocenters. The van der Waals surface area contributed by atoms with Crippen LogP contribution in [0.15, 0.2) is 48.5 Å². The van der Waals surface area contributed by atoms with Crippen molar-refractivity contribution in [3.63, 3.8) is 0 Å². The third-order valence-electron chi connectivity index (χ3n) is 3.50. The van der Waals surface area contributed by atoms with Crippen LogP contribution in [-0.2, 0) is 4.79 Å². The lowest BCUT2D eigenvalue weighted by Crippen LogP contribution is -2.24. The lowest BCUT2D eigenvalue weighted by Gasteiger charge is -2.11. The molecule has 2 aromatic rings. The van der Waals surface area contributed by atoms with Gasteiger partial charge in [0.05, 0.1) is 17.8 Å². The molecule has 0 spiro atoms. The highest BCUT2D eigenvalue weighted by atomic mass is 16.2. The van der Waals surface area contributed by atoms with Gasteiger partial charge in [0, 0.05) is 5.69 Å². The minimum atomic E-state index is -0.571. The summed E-state index contributed by atoms with van der Waals surface area (Å²) in [6.07, 6.45) is 0. The molecule has 0 bridgehead atoms. The van der Waals surface area contributed by atoms with Crippen LogP contribution in [0.1, 0.15) is 35.7 Å². The van der Waals surface area contributed by atoms with E-state index >= 15 is 0 Å². The zero-order valence-corrected chi connectivity index (χ0v) is 13.3.